The summed E-state index contributed by atoms with van der Waals surface area (Å²) in [7, 11) is 0. The summed E-state index contributed by atoms with van der Waals surface area (Å²) in [4.78, 5) is 64.3. The molecule has 0 unspecified atom stereocenters. The predicted octanol–water partition coefficient (Wildman–Crippen LogP) is 3.69. The first-order chi connectivity index (χ1) is 18.4. The third kappa shape index (κ3) is 8.26. The summed E-state index contributed by atoms with van der Waals surface area (Å²) >= 11 is 0. The lowest BCUT2D eigenvalue weighted by molar-refractivity contribution is -0.124. The number of nitrogens with zero attached hydrogens (tertiary/aromatic N) is 1. The molecule has 3 rings (SSSR count). The Hall–Kier alpha value is -4.99. The zero-order valence-corrected chi connectivity index (χ0v) is 21.9. The minimum Gasteiger partial charge on any atom is -0.478 e. The smallest absolute Gasteiger partial charge is 0.335 e. The van der Waals surface area contributed by atoms with Gasteiger partial charge in [-0.05, 0) is 51.1 Å². The lowest BCUT2D eigenvalue weighted by Gasteiger charge is -2.27. The molecule has 0 spiro atoms. The molecule has 4 N–H and O–H groups in total. The molecule has 10 heteroatoms. The van der Waals surface area contributed by atoms with Crippen molar-refractivity contribution in [2.75, 3.05) is 23.3 Å². The van der Waals surface area contributed by atoms with Crippen LogP contribution >= 0.6 is 0 Å². The van der Waals surface area contributed by atoms with Gasteiger partial charge in [0.1, 0.15) is 6.54 Å². The van der Waals surface area contributed by atoms with E-state index in [1.807, 2.05) is 0 Å². The van der Waals surface area contributed by atoms with E-state index >= 15 is 0 Å². The zero-order valence-electron chi connectivity index (χ0n) is 21.9. The van der Waals surface area contributed by atoms with Crippen LogP contribution in [0.2, 0.25) is 0 Å². The van der Waals surface area contributed by atoms with Crippen LogP contribution in [0, 0.1) is 0 Å². The number of carboxylic acid groups (broad SMARTS) is 1. The quantitative estimate of drug-likeness (QED) is 0.311. The summed E-state index contributed by atoms with van der Waals surface area (Å²) in [6.07, 6.45) is 0. The average molecular weight is 531 g/mol. The number of hydrogen-bond acceptors (Lipinski definition) is 5. The Labute approximate surface area is 226 Å². The van der Waals surface area contributed by atoms with Gasteiger partial charge in [-0.1, -0.05) is 48.5 Å². The molecule has 10 nitrogen and oxygen atoms in total. The Bertz CT molecular complexity index is 1380. The Balaban J connectivity index is 1.83. The van der Waals surface area contributed by atoms with E-state index in [0.717, 1.165) is 4.90 Å². The second kappa shape index (κ2) is 12.5. The van der Waals surface area contributed by atoms with Gasteiger partial charge in [-0.3, -0.25) is 14.4 Å². The van der Waals surface area contributed by atoms with Gasteiger partial charge < -0.3 is 26.0 Å². The van der Waals surface area contributed by atoms with Gasteiger partial charge in [0.15, 0.2) is 5.78 Å². The van der Waals surface area contributed by atoms with Crippen LogP contribution < -0.4 is 20.9 Å². The van der Waals surface area contributed by atoms with Crippen LogP contribution in [-0.2, 0) is 9.59 Å². The fourth-order valence-electron chi connectivity index (χ4n) is 3.71. The van der Waals surface area contributed by atoms with Crippen molar-refractivity contribution in [3.63, 3.8) is 0 Å². The number of nitrogens with one attached hydrogen (secondary N) is 3. The van der Waals surface area contributed by atoms with Crippen LogP contribution in [0.3, 0.4) is 0 Å². The van der Waals surface area contributed by atoms with E-state index in [-0.39, 0.29) is 34.8 Å². The predicted molar refractivity (Wildman–Crippen MR) is 147 cm³/mol. The molecule has 202 valence electrons. The number of benzene rings is 3. The summed E-state index contributed by atoms with van der Waals surface area (Å²) in [5, 5.41) is 16.8. The van der Waals surface area contributed by atoms with Gasteiger partial charge in [0.2, 0.25) is 11.8 Å². The first kappa shape index (κ1) is 28.6. The van der Waals surface area contributed by atoms with Crippen molar-refractivity contribution in [1.29, 1.82) is 0 Å². The normalized spacial score (nSPS) is 10.7. The number of urea groups is 1. The van der Waals surface area contributed by atoms with E-state index in [2.05, 4.69) is 16.0 Å². The van der Waals surface area contributed by atoms with Crippen LogP contribution in [0.5, 0.6) is 0 Å². The number of para-hydroxylation sites is 1. The van der Waals surface area contributed by atoms with E-state index < -0.39 is 35.9 Å². The third-order valence-electron chi connectivity index (χ3n) is 5.36. The number of carbonyl (C=O) groups is 5. The number of rotatable bonds is 9. The highest BCUT2D eigenvalue weighted by Crippen LogP contribution is 2.24. The highest BCUT2D eigenvalue weighted by Gasteiger charge is 2.26. The highest BCUT2D eigenvalue weighted by atomic mass is 16.4. The number of anilines is 2. The van der Waals surface area contributed by atoms with Gasteiger partial charge in [0.25, 0.3) is 0 Å². The molecule has 4 amide bonds. The summed E-state index contributed by atoms with van der Waals surface area (Å²) in [6.45, 7) is 4.51. The van der Waals surface area contributed by atoms with Crippen molar-refractivity contribution in [3.05, 3.63) is 95.6 Å². The molecule has 0 aromatic heterocycles. The fraction of sp³-hybridized carbons (Fsp3) is 0.207. The second-order valence-electron chi connectivity index (χ2n) is 9.68. The van der Waals surface area contributed by atoms with Crippen molar-refractivity contribution >= 4 is 41.0 Å². The van der Waals surface area contributed by atoms with Gasteiger partial charge >= 0.3 is 12.0 Å². The van der Waals surface area contributed by atoms with Crippen LogP contribution in [0.15, 0.2) is 78.9 Å². The molecule has 0 aliphatic heterocycles. The summed E-state index contributed by atoms with van der Waals surface area (Å²) in [6, 6.07) is 19.9. The minimum absolute atomic E-state index is 0.0143. The molecule has 39 heavy (non-hydrogen) atoms. The first-order valence-electron chi connectivity index (χ1n) is 12.1. The second-order valence-corrected chi connectivity index (χ2v) is 9.68. The van der Waals surface area contributed by atoms with E-state index in [0.29, 0.717) is 5.56 Å². The Kier molecular flexibility index (Phi) is 9.16. The maximum atomic E-state index is 13.4. The van der Waals surface area contributed by atoms with Crippen molar-refractivity contribution in [2.45, 2.75) is 26.3 Å². The van der Waals surface area contributed by atoms with Gasteiger partial charge in [0, 0.05) is 22.4 Å². The minimum atomic E-state index is -1.15. The molecule has 0 atom stereocenters. The molecule has 0 bridgehead atoms. The summed E-state index contributed by atoms with van der Waals surface area (Å²) in [5.74, 6) is -2.57. The highest BCUT2D eigenvalue weighted by molar-refractivity contribution is 6.15. The lowest BCUT2D eigenvalue weighted by Crippen LogP contribution is -2.50. The van der Waals surface area contributed by atoms with E-state index in [1.54, 1.807) is 75.4 Å². The Morgan fingerprint density at radius 2 is 1.46 bits per heavy atom. The summed E-state index contributed by atoms with van der Waals surface area (Å²) in [5.41, 5.74) is 0.498. The SMILES string of the molecule is CC(C)(C)NC(=O)CN(C(=O)CNC(=O)Nc1cccc(C(=O)O)c1)c1ccccc1C(=O)c1ccccc1. The Morgan fingerprint density at radius 3 is 2.13 bits per heavy atom. The number of ketones is 1. The largest absolute Gasteiger partial charge is 0.478 e. The molecular formula is C29H30N4O6. The molecule has 0 aliphatic rings. The van der Waals surface area contributed by atoms with Gasteiger partial charge in [-0.2, -0.15) is 0 Å². The van der Waals surface area contributed by atoms with Gasteiger partial charge in [-0.25, -0.2) is 9.59 Å². The molecular weight excluding hydrogens is 500 g/mol. The molecule has 0 fully saturated rings. The number of hydrogen-bond donors (Lipinski definition) is 4. The first-order valence-corrected chi connectivity index (χ1v) is 12.1. The molecule has 3 aromatic carbocycles. The van der Waals surface area contributed by atoms with Crippen LogP contribution in [0.1, 0.15) is 47.1 Å². The van der Waals surface area contributed by atoms with Crippen molar-refractivity contribution < 1.29 is 29.1 Å². The number of carbonyl (C=O) groups excluding carboxylic acids is 4. The van der Waals surface area contributed by atoms with Crippen molar-refractivity contribution in [2.24, 2.45) is 0 Å². The lowest BCUT2D eigenvalue weighted by atomic mass is 10.0. The molecule has 3 aromatic rings. The van der Waals surface area contributed by atoms with Crippen molar-refractivity contribution in [3.8, 4) is 0 Å². The van der Waals surface area contributed by atoms with E-state index in [1.165, 1.54) is 24.3 Å². The molecule has 0 radical (unpaired) electrons. The molecule has 0 saturated carbocycles. The Morgan fingerprint density at radius 1 is 0.821 bits per heavy atom. The maximum absolute atomic E-state index is 13.4. The fourth-order valence-corrected chi connectivity index (χ4v) is 3.71. The monoisotopic (exact) mass is 530 g/mol. The average Bonchev–Trinajstić information content (AvgIpc) is 2.89. The third-order valence-corrected chi connectivity index (χ3v) is 5.36. The van der Waals surface area contributed by atoms with Crippen LogP contribution in [-0.4, -0.2) is 53.3 Å². The standard InChI is InChI=1S/C29H30N4O6/c1-29(2,3)32-24(34)18-33(23-15-8-7-14-22(23)26(36)19-10-5-4-6-11-19)25(35)17-30-28(39)31-21-13-9-12-20(16-21)27(37)38/h4-16H,17-18H2,1-3H3,(H,32,34)(H,37,38)(H2,30,31,39). The van der Waals surface area contributed by atoms with Gasteiger partial charge in [-0.15, -0.1) is 0 Å². The molecule has 0 heterocycles. The molecule has 0 saturated heterocycles. The number of carboxylic acids is 1. The molecule has 0 aliphatic carbocycles. The maximum Gasteiger partial charge on any atom is 0.335 e. The number of amides is 4. The van der Waals surface area contributed by atoms with E-state index in [4.69, 9.17) is 5.11 Å². The zero-order chi connectivity index (χ0) is 28.6. The van der Waals surface area contributed by atoms with Crippen LogP contribution in [0.25, 0.3) is 0 Å². The number of aromatic carboxylic acids is 1. The van der Waals surface area contributed by atoms with Gasteiger partial charge in [0.05, 0.1) is 17.8 Å². The topological polar surface area (TPSA) is 145 Å². The van der Waals surface area contributed by atoms with Crippen molar-refractivity contribution in [1.82, 2.24) is 10.6 Å². The van der Waals surface area contributed by atoms with E-state index in [9.17, 15) is 24.0 Å². The summed E-state index contributed by atoms with van der Waals surface area (Å²) < 4.78 is 0. The van der Waals surface area contributed by atoms with Crippen LogP contribution in [0.4, 0.5) is 16.2 Å².